The van der Waals surface area contributed by atoms with Crippen LogP contribution in [0.5, 0.6) is 0 Å². The molecule has 4 heteroatoms. The van der Waals surface area contributed by atoms with E-state index in [0.29, 0.717) is 16.5 Å². The van der Waals surface area contributed by atoms with Crippen molar-refractivity contribution in [2.45, 2.75) is 26.8 Å². The third-order valence-electron chi connectivity index (χ3n) is 2.79. The summed E-state index contributed by atoms with van der Waals surface area (Å²) in [5.41, 5.74) is 6.30. The van der Waals surface area contributed by atoms with Crippen LogP contribution in [0.4, 0.5) is 5.69 Å². The zero-order valence-corrected chi connectivity index (χ0v) is 10.5. The Labute approximate surface area is 94.9 Å². The summed E-state index contributed by atoms with van der Waals surface area (Å²) in [6.07, 6.45) is 0. The van der Waals surface area contributed by atoms with Gasteiger partial charge in [-0.3, -0.25) is 4.79 Å². The lowest BCUT2D eigenvalue weighted by Crippen LogP contribution is -2.38. The average Bonchev–Trinajstić information content (AvgIpc) is 2.60. The standard InChI is InChI=1S/C11H18N2OS/c1-7(2)8(3)13(4)11(14)10-9(12)5-6-15-10/h5-8H,12H2,1-4H3. The van der Waals surface area contributed by atoms with Gasteiger partial charge >= 0.3 is 0 Å². The summed E-state index contributed by atoms with van der Waals surface area (Å²) >= 11 is 1.40. The Morgan fingerprint density at radius 1 is 1.47 bits per heavy atom. The predicted molar refractivity (Wildman–Crippen MR) is 65.1 cm³/mol. The molecule has 0 aromatic carbocycles. The number of amides is 1. The van der Waals surface area contributed by atoms with Crippen LogP contribution >= 0.6 is 11.3 Å². The summed E-state index contributed by atoms with van der Waals surface area (Å²) in [7, 11) is 1.83. The number of thiophene rings is 1. The van der Waals surface area contributed by atoms with E-state index in [2.05, 4.69) is 13.8 Å². The second-order valence-electron chi connectivity index (χ2n) is 4.11. The van der Waals surface area contributed by atoms with Crippen molar-refractivity contribution in [3.8, 4) is 0 Å². The topological polar surface area (TPSA) is 46.3 Å². The first kappa shape index (κ1) is 12.0. The van der Waals surface area contributed by atoms with E-state index in [-0.39, 0.29) is 11.9 Å². The quantitative estimate of drug-likeness (QED) is 0.860. The number of hydrogen-bond acceptors (Lipinski definition) is 3. The minimum absolute atomic E-state index is 0.0173. The second kappa shape index (κ2) is 4.66. The van der Waals surface area contributed by atoms with Crippen molar-refractivity contribution in [2.75, 3.05) is 12.8 Å². The van der Waals surface area contributed by atoms with Gasteiger partial charge in [-0.25, -0.2) is 0 Å². The van der Waals surface area contributed by atoms with Gasteiger partial charge in [0.2, 0.25) is 0 Å². The normalized spacial score (nSPS) is 12.9. The Hall–Kier alpha value is -1.03. The van der Waals surface area contributed by atoms with Crippen LogP contribution in [0.2, 0.25) is 0 Å². The van der Waals surface area contributed by atoms with E-state index < -0.39 is 0 Å². The molecule has 15 heavy (non-hydrogen) atoms. The van der Waals surface area contributed by atoms with Gasteiger partial charge in [0.15, 0.2) is 0 Å². The molecular formula is C11H18N2OS. The largest absolute Gasteiger partial charge is 0.397 e. The third-order valence-corrected chi connectivity index (χ3v) is 3.70. The summed E-state index contributed by atoms with van der Waals surface area (Å²) in [6, 6.07) is 1.99. The minimum Gasteiger partial charge on any atom is -0.397 e. The monoisotopic (exact) mass is 226 g/mol. The highest BCUT2D eigenvalue weighted by Crippen LogP contribution is 2.22. The van der Waals surface area contributed by atoms with Gasteiger partial charge in [-0.05, 0) is 24.3 Å². The van der Waals surface area contributed by atoms with Crippen LogP contribution in [0, 0.1) is 5.92 Å². The number of carbonyl (C=O) groups is 1. The zero-order valence-electron chi connectivity index (χ0n) is 9.65. The fourth-order valence-electron chi connectivity index (χ4n) is 1.29. The number of anilines is 1. The molecule has 1 aromatic heterocycles. The fraction of sp³-hybridized carbons (Fsp3) is 0.545. The van der Waals surface area contributed by atoms with Gasteiger partial charge in [0.05, 0.1) is 5.69 Å². The van der Waals surface area contributed by atoms with Crippen LogP contribution < -0.4 is 5.73 Å². The van der Waals surface area contributed by atoms with Crippen molar-refractivity contribution in [2.24, 2.45) is 5.92 Å². The lowest BCUT2D eigenvalue weighted by molar-refractivity contribution is 0.0713. The highest BCUT2D eigenvalue weighted by Gasteiger charge is 2.22. The van der Waals surface area contributed by atoms with Gasteiger partial charge in [-0.1, -0.05) is 13.8 Å². The molecule has 0 aliphatic carbocycles. The molecule has 1 aromatic rings. The number of hydrogen-bond donors (Lipinski definition) is 1. The minimum atomic E-state index is 0.0173. The smallest absolute Gasteiger partial charge is 0.266 e. The van der Waals surface area contributed by atoms with Crippen molar-refractivity contribution in [3.05, 3.63) is 16.3 Å². The van der Waals surface area contributed by atoms with Crippen molar-refractivity contribution < 1.29 is 4.79 Å². The van der Waals surface area contributed by atoms with Crippen molar-refractivity contribution in [1.82, 2.24) is 4.90 Å². The number of nitrogens with two attached hydrogens (primary N) is 1. The summed E-state index contributed by atoms with van der Waals surface area (Å²) in [5.74, 6) is 0.462. The molecule has 1 atom stereocenters. The van der Waals surface area contributed by atoms with E-state index in [1.165, 1.54) is 11.3 Å². The Kier molecular flexibility index (Phi) is 3.74. The van der Waals surface area contributed by atoms with Crippen molar-refractivity contribution in [3.63, 3.8) is 0 Å². The van der Waals surface area contributed by atoms with Crippen LogP contribution in [0.1, 0.15) is 30.4 Å². The first-order valence-electron chi connectivity index (χ1n) is 5.05. The zero-order chi connectivity index (χ0) is 11.6. The molecule has 0 saturated carbocycles. The summed E-state index contributed by atoms with van der Waals surface area (Å²) < 4.78 is 0. The molecule has 1 heterocycles. The highest BCUT2D eigenvalue weighted by atomic mass is 32.1. The summed E-state index contributed by atoms with van der Waals surface area (Å²) in [5, 5.41) is 1.84. The summed E-state index contributed by atoms with van der Waals surface area (Å²) in [6.45, 7) is 6.25. The highest BCUT2D eigenvalue weighted by molar-refractivity contribution is 7.12. The number of carbonyl (C=O) groups excluding carboxylic acids is 1. The van der Waals surface area contributed by atoms with E-state index >= 15 is 0 Å². The maximum absolute atomic E-state index is 12.0. The molecule has 0 radical (unpaired) electrons. The maximum atomic E-state index is 12.0. The molecule has 0 saturated heterocycles. The molecule has 0 bridgehead atoms. The molecule has 0 spiro atoms. The number of nitrogens with zero attached hydrogens (tertiary/aromatic N) is 1. The lowest BCUT2D eigenvalue weighted by Gasteiger charge is -2.27. The van der Waals surface area contributed by atoms with Gasteiger partial charge in [0, 0.05) is 13.1 Å². The first-order chi connectivity index (χ1) is 6.95. The Bertz CT molecular complexity index is 346. The second-order valence-corrected chi connectivity index (χ2v) is 5.02. The van der Waals surface area contributed by atoms with Crippen molar-refractivity contribution >= 4 is 22.9 Å². The molecular weight excluding hydrogens is 208 g/mol. The number of nitrogen functional groups attached to an aromatic ring is 1. The number of rotatable bonds is 3. The van der Waals surface area contributed by atoms with Crippen LogP contribution in [-0.4, -0.2) is 23.9 Å². The van der Waals surface area contributed by atoms with Crippen LogP contribution in [0.15, 0.2) is 11.4 Å². The molecule has 1 rings (SSSR count). The average molecular weight is 226 g/mol. The van der Waals surface area contributed by atoms with Crippen LogP contribution in [0.25, 0.3) is 0 Å². The van der Waals surface area contributed by atoms with Gasteiger partial charge in [-0.2, -0.15) is 0 Å². The van der Waals surface area contributed by atoms with E-state index in [1.807, 2.05) is 19.4 Å². The van der Waals surface area contributed by atoms with Crippen LogP contribution in [0.3, 0.4) is 0 Å². The Balaban J connectivity index is 2.82. The molecule has 0 fully saturated rings. The predicted octanol–water partition coefficient (Wildman–Crippen LogP) is 2.45. The van der Waals surface area contributed by atoms with E-state index in [9.17, 15) is 4.79 Å². The van der Waals surface area contributed by atoms with Gasteiger partial charge in [0.1, 0.15) is 4.88 Å². The molecule has 1 amide bonds. The SMILES string of the molecule is CC(C)C(C)N(C)C(=O)c1sccc1N. The van der Waals surface area contributed by atoms with Gasteiger partial charge in [0.25, 0.3) is 5.91 Å². The maximum Gasteiger partial charge on any atom is 0.266 e. The molecule has 3 nitrogen and oxygen atoms in total. The van der Waals surface area contributed by atoms with E-state index in [4.69, 9.17) is 5.73 Å². The molecule has 2 N–H and O–H groups in total. The Morgan fingerprint density at radius 3 is 2.47 bits per heavy atom. The third kappa shape index (κ3) is 2.50. The molecule has 1 unspecified atom stereocenters. The van der Waals surface area contributed by atoms with Crippen molar-refractivity contribution in [1.29, 1.82) is 0 Å². The fourth-order valence-corrected chi connectivity index (χ4v) is 2.08. The van der Waals surface area contributed by atoms with E-state index in [1.54, 1.807) is 11.0 Å². The Morgan fingerprint density at radius 2 is 2.07 bits per heavy atom. The molecule has 84 valence electrons. The van der Waals surface area contributed by atoms with Gasteiger partial charge in [-0.15, -0.1) is 11.3 Å². The van der Waals surface area contributed by atoms with Crippen LogP contribution in [-0.2, 0) is 0 Å². The first-order valence-corrected chi connectivity index (χ1v) is 5.93. The molecule has 0 aliphatic heterocycles. The van der Waals surface area contributed by atoms with E-state index in [0.717, 1.165) is 0 Å². The lowest BCUT2D eigenvalue weighted by atomic mass is 10.1. The summed E-state index contributed by atoms with van der Waals surface area (Å²) in [4.78, 5) is 14.4. The molecule has 0 aliphatic rings. The van der Waals surface area contributed by atoms with Gasteiger partial charge < -0.3 is 10.6 Å².